The van der Waals surface area contributed by atoms with Crippen LogP contribution in [0.15, 0.2) is 36.4 Å². The summed E-state index contributed by atoms with van der Waals surface area (Å²) < 4.78 is 0. The minimum atomic E-state index is 0.569. The molecule has 2 aromatic rings. The molecule has 110 valence electrons. The molecule has 1 aliphatic rings. The Bertz CT molecular complexity index is 650. The lowest BCUT2D eigenvalue weighted by molar-refractivity contribution is 0.828. The van der Waals surface area contributed by atoms with Gasteiger partial charge in [0.05, 0.1) is 0 Å². The van der Waals surface area contributed by atoms with Crippen molar-refractivity contribution in [2.75, 3.05) is 0 Å². The van der Waals surface area contributed by atoms with Crippen LogP contribution < -0.4 is 5.30 Å². The van der Waals surface area contributed by atoms with Crippen molar-refractivity contribution in [3.05, 3.63) is 53.1 Å². The van der Waals surface area contributed by atoms with Gasteiger partial charge in [0.1, 0.15) is 0 Å². The number of fused-ring (bicyclic) bond motifs is 3. The van der Waals surface area contributed by atoms with E-state index in [-0.39, 0.29) is 0 Å². The predicted octanol–water partition coefficient (Wildman–Crippen LogP) is 5.98. The SMILES string of the molecule is CC(C)c1cc(C(C)C)c2c(c1)C(C)Pc1ccccc1-2. The van der Waals surface area contributed by atoms with Gasteiger partial charge in [-0.2, -0.15) is 0 Å². The van der Waals surface area contributed by atoms with Gasteiger partial charge < -0.3 is 0 Å². The fraction of sp³-hybridized carbons (Fsp3) is 0.400. The molecule has 2 unspecified atom stereocenters. The van der Waals surface area contributed by atoms with E-state index in [4.69, 9.17) is 0 Å². The van der Waals surface area contributed by atoms with E-state index in [0.29, 0.717) is 17.5 Å². The second kappa shape index (κ2) is 5.58. The van der Waals surface area contributed by atoms with E-state index in [9.17, 15) is 0 Å². The van der Waals surface area contributed by atoms with Crippen LogP contribution in [-0.2, 0) is 0 Å². The smallest absolute Gasteiger partial charge is 0.00328 e. The topological polar surface area (TPSA) is 0 Å². The Balaban J connectivity index is 2.32. The first-order valence-corrected chi connectivity index (χ1v) is 9.10. The molecule has 1 heterocycles. The molecule has 1 heteroatoms. The van der Waals surface area contributed by atoms with E-state index in [1.54, 1.807) is 5.56 Å². The van der Waals surface area contributed by atoms with E-state index in [1.807, 2.05) is 0 Å². The molecule has 0 amide bonds. The summed E-state index contributed by atoms with van der Waals surface area (Å²) in [5.41, 5.74) is 8.24. The predicted molar refractivity (Wildman–Crippen MR) is 96.4 cm³/mol. The molecule has 3 rings (SSSR count). The van der Waals surface area contributed by atoms with Gasteiger partial charge in [-0.15, -0.1) is 0 Å². The maximum absolute atomic E-state index is 2.47. The molecule has 0 N–H and O–H groups in total. The van der Waals surface area contributed by atoms with Crippen LogP contribution in [-0.4, -0.2) is 0 Å². The van der Waals surface area contributed by atoms with Crippen molar-refractivity contribution in [1.82, 2.24) is 0 Å². The lowest BCUT2D eigenvalue weighted by Gasteiger charge is -2.30. The second-order valence-electron chi connectivity index (χ2n) is 6.80. The van der Waals surface area contributed by atoms with Crippen molar-refractivity contribution in [2.45, 2.75) is 52.1 Å². The second-order valence-corrected chi connectivity index (χ2v) is 8.49. The standard InChI is InChI=1S/C20H25P/c1-12(2)15-10-17(13(3)4)20-16-8-6-7-9-19(16)21-14(5)18(20)11-15/h6-14,21H,1-5H3. The quantitative estimate of drug-likeness (QED) is 0.598. The van der Waals surface area contributed by atoms with Crippen molar-refractivity contribution in [3.8, 4) is 11.1 Å². The third-order valence-electron chi connectivity index (χ3n) is 4.55. The Labute approximate surface area is 130 Å². The van der Waals surface area contributed by atoms with Gasteiger partial charge in [-0.3, -0.25) is 0 Å². The normalized spacial score (nSPS) is 18.1. The van der Waals surface area contributed by atoms with Gasteiger partial charge in [0.2, 0.25) is 0 Å². The fourth-order valence-corrected chi connectivity index (χ4v) is 4.70. The van der Waals surface area contributed by atoms with Crippen LogP contribution in [0.25, 0.3) is 11.1 Å². The highest BCUT2D eigenvalue weighted by molar-refractivity contribution is 7.48. The Morgan fingerprint density at radius 1 is 0.952 bits per heavy atom. The summed E-state index contributed by atoms with van der Waals surface area (Å²) in [6, 6.07) is 13.9. The summed E-state index contributed by atoms with van der Waals surface area (Å²) in [4.78, 5) is 0. The zero-order valence-corrected chi connectivity index (χ0v) is 14.7. The van der Waals surface area contributed by atoms with Crippen LogP contribution in [0.5, 0.6) is 0 Å². The zero-order chi connectivity index (χ0) is 15.1. The molecular weight excluding hydrogens is 271 g/mol. The highest BCUT2D eigenvalue weighted by Gasteiger charge is 2.25. The Kier molecular flexibility index (Phi) is 3.93. The lowest BCUT2D eigenvalue weighted by atomic mass is 9.84. The van der Waals surface area contributed by atoms with Gasteiger partial charge in [0.25, 0.3) is 0 Å². The monoisotopic (exact) mass is 296 g/mol. The molecule has 0 nitrogen and oxygen atoms in total. The van der Waals surface area contributed by atoms with E-state index in [1.165, 1.54) is 27.6 Å². The Morgan fingerprint density at radius 2 is 1.67 bits per heavy atom. The summed E-state index contributed by atoms with van der Waals surface area (Å²) in [6.45, 7) is 11.6. The molecule has 0 saturated carbocycles. The maximum atomic E-state index is 2.47. The first-order chi connectivity index (χ1) is 9.99. The van der Waals surface area contributed by atoms with Crippen LogP contribution >= 0.6 is 8.58 Å². The molecule has 1 aliphatic heterocycles. The number of hydrogen-bond donors (Lipinski definition) is 0. The zero-order valence-electron chi connectivity index (χ0n) is 13.7. The molecule has 0 aromatic heterocycles. The van der Waals surface area contributed by atoms with Gasteiger partial charge in [0.15, 0.2) is 0 Å². The first kappa shape index (κ1) is 14.8. The molecule has 0 radical (unpaired) electrons. The molecule has 2 atom stereocenters. The summed E-state index contributed by atoms with van der Waals surface area (Å²) in [7, 11) is 0.893. The van der Waals surface area contributed by atoms with Crippen molar-refractivity contribution >= 4 is 13.9 Å². The van der Waals surface area contributed by atoms with Gasteiger partial charge in [-0.05, 0) is 45.0 Å². The highest BCUT2D eigenvalue weighted by Crippen LogP contribution is 2.48. The minimum Gasteiger partial charge on any atom is -0.0823 e. The maximum Gasteiger partial charge on any atom is 0.00328 e. The van der Waals surface area contributed by atoms with Gasteiger partial charge >= 0.3 is 0 Å². The van der Waals surface area contributed by atoms with Gasteiger partial charge in [-0.1, -0.05) is 79.6 Å². The van der Waals surface area contributed by atoms with E-state index in [2.05, 4.69) is 71.0 Å². The van der Waals surface area contributed by atoms with Crippen LogP contribution in [0.1, 0.15) is 68.8 Å². The van der Waals surface area contributed by atoms with Crippen molar-refractivity contribution in [2.24, 2.45) is 0 Å². The average Bonchev–Trinajstić information content (AvgIpc) is 2.46. The summed E-state index contributed by atoms with van der Waals surface area (Å²) in [6.07, 6.45) is 0. The van der Waals surface area contributed by atoms with Gasteiger partial charge in [0, 0.05) is 5.66 Å². The molecule has 0 bridgehead atoms. The van der Waals surface area contributed by atoms with Crippen LogP contribution in [0.3, 0.4) is 0 Å². The number of hydrogen-bond acceptors (Lipinski definition) is 0. The van der Waals surface area contributed by atoms with Crippen LogP contribution in [0.2, 0.25) is 0 Å². The lowest BCUT2D eigenvalue weighted by Crippen LogP contribution is -2.13. The minimum absolute atomic E-state index is 0.569. The fourth-order valence-electron chi connectivity index (χ4n) is 3.29. The molecule has 2 aromatic carbocycles. The van der Waals surface area contributed by atoms with E-state index >= 15 is 0 Å². The summed E-state index contributed by atoms with van der Waals surface area (Å²) >= 11 is 0. The largest absolute Gasteiger partial charge is 0.0823 e. The molecule has 0 fully saturated rings. The van der Waals surface area contributed by atoms with E-state index < -0.39 is 0 Å². The number of benzene rings is 2. The average molecular weight is 296 g/mol. The van der Waals surface area contributed by atoms with E-state index in [0.717, 1.165) is 8.58 Å². The first-order valence-electron chi connectivity index (χ1n) is 8.02. The summed E-state index contributed by atoms with van der Waals surface area (Å²) in [5, 5.41) is 1.54. The van der Waals surface area contributed by atoms with Crippen LogP contribution in [0, 0.1) is 0 Å². The molecule has 0 aliphatic carbocycles. The third kappa shape index (κ3) is 2.55. The molecule has 0 saturated heterocycles. The molecule has 21 heavy (non-hydrogen) atoms. The molecule has 0 spiro atoms. The summed E-state index contributed by atoms with van der Waals surface area (Å²) in [5.74, 6) is 1.17. The van der Waals surface area contributed by atoms with Crippen molar-refractivity contribution in [3.63, 3.8) is 0 Å². The molecular formula is C20H25P. The highest BCUT2D eigenvalue weighted by atomic mass is 31.1. The Morgan fingerprint density at radius 3 is 2.33 bits per heavy atom. The van der Waals surface area contributed by atoms with Gasteiger partial charge in [-0.25, -0.2) is 0 Å². The third-order valence-corrected chi connectivity index (χ3v) is 6.04. The van der Waals surface area contributed by atoms with Crippen molar-refractivity contribution < 1.29 is 0 Å². The van der Waals surface area contributed by atoms with Crippen LogP contribution in [0.4, 0.5) is 0 Å². The number of rotatable bonds is 2. The Hall–Kier alpha value is -1.13. The van der Waals surface area contributed by atoms with Crippen molar-refractivity contribution in [1.29, 1.82) is 0 Å².